The second-order valence-electron chi connectivity index (χ2n) is 14.4. The van der Waals surface area contributed by atoms with Crippen molar-refractivity contribution in [3.05, 3.63) is 205 Å². The Morgan fingerprint density at radius 2 is 1.35 bits per heavy atom. The van der Waals surface area contributed by atoms with Crippen molar-refractivity contribution in [3.63, 3.8) is 0 Å². The van der Waals surface area contributed by atoms with E-state index < -0.39 is 0 Å². The molecule has 0 bridgehead atoms. The van der Waals surface area contributed by atoms with Gasteiger partial charge in [0, 0.05) is 38.8 Å². The Kier molecular flexibility index (Phi) is 6.35. The molecule has 4 aliphatic rings. The van der Waals surface area contributed by atoms with Crippen molar-refractivity contribution in [1.82, 2.24) is 9.55 Å². The number of hydrogen-bond acceptors (Lipinski definition) is 2. The number of para-hydroxylation sites is 3. The first-order valence-electron chi connectivity index (χ1n) is 18.3. The first-order chi connectivity index (χ1) is 25.8. The zero-order chi connectivity index (χ0) is 34.2. The highest BCUT2D eigenvalue weighted by Gasteiger charge is 2.63. The summed E-state index contributed by atoms with van der Waals surface area (Å²) in [7, 11) is 0. The van der Waals surface area contributed by atoms with Gasteiger partial charge >= 0.3 is 0 Å². The molecule has 0 radical (unpaired) electrons. The van der Waals surface area contributed by atoms with Gasteiger partial charge in [0.25, 0.3) is 0 Å². The van der Waals surface area contributed by atoms with Gasteiger partial charge in [-0.3, -0.25) is 0 Å². The van der Waals surface area contributed by atoms with Gasteiger partial charge in [0.15, 0.2) is 0 Å². The largest absolute Gasteiger partial charge is 0.313 e. The third-order valence-corrected chi connectivity index (χ3v) is 11.5. The van der Waals surface area contributed by atoms with Gasteiger partial charge in [-0.05, 0) is 102 Å². The monoisotopic (exact) mass is 665 g/mol. The van der Waals surface area contributed by atoms with Crippen LogP contribution in [0.25, 0.3) is 55.5 Å². The number of anilines is 1. The summed E-state index contributed by atoms with van der Waals surface area (Å²) < 4.78 is 2.38. The smallest absolute Gasteiger partial charge is 0.0716 e. The number of hydrogen-bond donors (Lipinski definition) is 0. The average Bonchev–Trinajstić information content (AvgIpc) is 3.86. The summed E-state index contributed by atoms with van der Waals surface area (Å²) in [5.41, 5.74) is 15.6. The maximum absolute atomic E-state index is 5.47. The van der Waals surface area contributed by atoms with Gasteiger partial charge in [0.1, 0.15) is 0 Å². The molecule has 3 aliphatic carbocycles. The van der Waals surface area contributed by atoms with E-state index in [9.17, 15) is 0 Å². The highest BCUT2D eigenvalue weighted by Crippen LogP contribution is 2.68. The molecule has 7 aromatic rings. The Bertz CT molecular complexity index is 2700. The molecule has 2 atom stereocenters. The van der Waals surface area contributed by atoms with E-state index in [2.05, 4.69) is 192 Å². The Morgan fingerprint density at radius 3 is 2.19 bits per heavy atom. The number of pyridine rings is 1. The van der Waals surface area contributed by atoms with Crippen LogP contribution in [0.5, 0.6) is 0 Å². The molecule has 3 heteroatoms. The second kappa shape index (κ2) is 11.3. The summed E-state index contributed by atoms with van der Waals surface area (Å²) in [5.74, 6) is 0.578. The highest BCUT2D eigenvalue weighted by molar-refractivity contribution is 6.09. The molecule has 3 nitrogen and oxygen atoms in total. The molecule has 0 N–H and O–H groups in total. The van der Waals surface area contributed by atoms with Crippen molar-refractivity contribution in [1.29, 1.82) is 0 Å². The third-order valence-electron chi connectivity index (χ3n) is 11.5. The lowest BCUT2D eigenvalue weighted by Gasteiger charge is -2.26. The van der Waals surface area contributed by atoms with Crippen LogP contribution in [0.3, 0.4) is 0 Å². The molecule has 2 aromatic heterocycles. The van der Waals surface area contributed by atoms with Crippen molar-refractivity contribution in [3.8, 4) is 28.1 Å². The average molecular weight is 666 g/mol. The molecule has 1 spiro atoms. The molecule has 3 heterocycles. The Balaban J connectivity index is 1.06. The first-order valence-corrected chi connectivity index (χ1v) is 18.3. The quantitative estimate of drug-likeness (QED) is 0.182. The molecule has 1 aliphatic heterocycles. The number of nitrogens with zero attached hydrogens (tertiary/aromatic N) is 3. The normalized spacial score (nSPS) is 19.8. The number of benzene rings is 5. The van der Waals surface area contributed by atoms with Crippen LogP contribution in [0, 0.1) is 5.92 Å². The van der Waals surface area contributed by atoms with Gasteiger partial charge in [-0.25, -0.2) is 4.98 Å². The highest BCUT2D eigenvalue weighted by atomic mass is 15.2. The van der Waals surface area contributed by atoms with Gasteiger partial charge in [0.05, 0.1) is 28.1 Å². The molecule has 2 unspecified atom stereocenters. The lowest BCUT2D eigenvalue weighted by atomic mass is 9.90. The van der Waals surface area contributed by atoms with Crippen molar-refractivity contribution in [2.75, 3.05) is 4.90 Å². The molecule has 1 fully saturated rings. The minimum Gasteiger partial charge on any atom is -0.313 e. The first kappa shape index (κ1) is 29.3. The van der Waals surface area contributed by atoms with Gasteiger partial charge in [0.2, 0.25) is 0 Å². The van der Waals surface area contributed by atoms with Crippen LogP contribution in [0.15, 0.2) is 193 Å². The van der Waals surface area contributed by atoms with Gasteiger partial charge in [-0.1, -0.05) is 121 Å². The fourth-order valence-electron chi connectivity index (χ4n) is 9.03. The van der Waals surface area contributed by atoms with Crippen molar-refractivity contribution in [2.24, 2.45) is 5.92 Å². The van der Waals surface area contributed by atoms with E-state index >= 15 is 0 Å². The van der Waals surface area contributed by atoms with Crippen LogP contribution >= 0.6 is 0 Å². The molecule has 0 saturated heterocycles. The lowest BCUT2D eigenvalue weighted by Crippen LogP contribution is -2.22. The summed E-state index contributed by atoms with van der Waals surface area (Å²) in [6, 6.07) is 50.5. The zero-order valence-electron chi connectivity index (χ0n) is 28.7. The number of aromatic nitrogens is 2. The summed E-state index contributed by atoms with van der Waals surface area (Å²) in [5, 5.41) is 2.52. The standard InChI is InChI=1S/C49H35N3/c1-2-14-33(15-3-1)36-30-43(34-16-4-5-19-39(29-34)52-47-26-11-8-23-42(47)49-32-37(49)18-13-27-48(49)52)50-44(31-36)35-17-12-20-38(28-35)51-45-24-9-6-21-40(45)41-22-7-10-25-46(41)51/h1-15,17-31,37H,16,32H2. The molecule has 1 saturated carbocycles. The van der Waals surface area contributed by atoms with Gasteiger partial charge in [-0.2, -0.15) is 0 Å². The van der Waals surface area contributed by atoms with E-state index in [4.69, 9.17) is 4.98 Å². The van der Waals surface area contributed by atoms with E-state index in [1.165, 1.54) is 62.0 Å². The molecule has 5 aromatic carbocycles. The van der Waals surface area contributed by atoms with E-state index in [0.29, 0.717) is 5.92 Å². The molecule has 246 valence electrons. The molecular formula is C49H35N3. The Morgan fingerprint density at radius 1 is 0.615 bits per heavy atom. The van der Waals surface area contributed by atoms with Crippen LogP contribution in [0.1, 0.15) is 24.1 Å². The fraction of sp³-hybridized carbons (Fsp3) is 0.0816. The van der Waals surface area contributed by atoms with E-state index in [0.717, 1.165) is 34.6 Å². The predicted molar refractivity (Wildman–Crippen MR) is 215 cm³/mol. The lowest BCUT2D eigenvalue weighted by molar-refractivity contribution is 0.778. The minimum atomic E-state index is 0.107. The summed E-state index contributed by atoms with van der Waals surface area (Å²) >= 11 is 0. The summed E-state index contributed by atoms with van der Waals surface area (Å²) in [4.78, 5) is 7.97. The maximum Gasteiger partial charge on any atom is 0.0716 e. The topological polar surface area (TPSA) is 21.1 Å². The van der Waals surface area contributed by atoms with Crippen molar-refractivity contribution >= 4 is 33.1 Å². The second-order valence-corrected chi connectivity index (χ2v) is 14.4. The van der Waals surface area contributed by atoms with Gasteiger partial charge < -0.3 is 9.47 Å². The van der Waals surface area contributed by atoms with Crippen LogP contribution in [-0.4, -0.2) is 9.55 Å². The predicted octanol–water partition coefficient (Wildman–Crippen LogP) is 12.0. The zero-order valence-corrected chi connectivity index (χ0v) is 28.7. The molecule has 52 heavy (non-hydrogen) atoms. The number of rotatable bonds is 5. The Hall–Kier alpha value is -6.45. The van der Waals surface area contributed by atoms with Crippen LogP contribution < -0.4 is 4.90 Å². The molecular weight excluding hydrogens is 631 g/mol. The van der Waals surface area contributed by atoms with E-state index in [1.807, 2.05) is 0 Å². The number of allylic oxidation sites excluding steroid dienone is 9. The van der Waals surface area contributed by atoms with Crippen LogP contribution in [-0.2, 0) is 5.41 Å². The van der Waals surface area contributed by atoms with Gasteiger partial charge in [-0.15, -0.1) is 0 Å². The fourth-order valence-corrected chi connectivity index (χ4v) is 9.03. The number of fused-ring (bicyclic) bond motifs is 4. The minimum absolute atomic E-state index is 0.107. The van der Waals surface area contributed by atoms with E-state index in [-0.39, 0.29) is 5.41 Å². The van der Waals surface area contributed by atoms with E-state index in [1.54, 1.807) is 0 Å². The maximum atomic E-state index is 5.47. The third kappa shape index (κ3) is 4.36. The summed E-state index contributed by atoms with van der Waals surface area (Å²) in [6.45, 7) is 0. The molecule has 11 rings (SSSR count). The van der Waals surface area contributed by atoms with Crippen molar-refractivity contribution in [2.45, 2.75) is 18.3 Å². The molecule has 0 amide bonds. The van der Waals surface area contributed by atoms with Crippen molar-refractivity contribution < 1.29 is 0 Å². The Labute approximate surface area is 303 Å². The summed E-state index contributed by atoms with van der Waals surface area (Å²) in [6.07, 6.45) is 18.1. The van der Waals surface area contributed by atoms with Crippen LogP contribution in [0.2, 0.25) is 0 Å². The van der Waals surface area contributed by atoms with Crippen LogP contribution in [0.4, 0.5) is 5.69 Å². The SMILES string of the molecule is C1=CCC(c2cc(-c3ccccc3)cc(-c3cccc(-n4c5ccccc5c5ccccc54)c3)n2)=CC(N2C3=CC=CC4CC34c3ccccc32)=C1.